The molecule has 2 amide bonds. The predicted octanol–water partition coefficient (Wildman–Crippen LogP) is 1.81. The quantitative estimate of drug-likeness (QED) is 0.610. The molecule has 2 aromatic rings. The highest BCUT2D eigenvalue weighted by atomic mass is 32.2. The molecule has 0 spiro atoms. The van der Waals surface area contributed by atoms with Crippen molar-refractivity contribution in [3.63, 3.8) is 0 Å². The molecule has 9 nitrogen and oxygen atoms in total. The lowest BCUT2D eigenvalue weighted by Gasteiger charge is -2.12. The Kier molecular flexibility index (Phi) is 6.40. The van der Waals surface area contributed by atoms with Gasteiger partial charge < -0.3 is 25.1 Å². The van der Waals surface area contributed by atoms with E-state index in [1.54, 1.807) is 18.2 Å². The molecule has 0 saturated carbocycles. The standard InChI is InChI=1S/C18H23N5O4S/c1-11(2)8-23-16(6-5-15(19)24)21-22-18(23)28-9-17(25)20-12-3-4-13-14(7-12)27-10-26-13/h3-4,7,11H,5-6,8-10H2,1-2H3,(H2,19,24)(H,20,25). The van der Waals surface area contributed by atoms with Gasteiger partial charge in [-0.2, -0.15) is 0 Å². The number of benzene rings is 1. The van der Waals surface area contributed by atoms with Crippen LogP contribution in [0.15, 0.2) is 23.4 Å². The van der Waals surface area contributed by atoms with Crippen molar-refractivity contribution in [1.29, 1.82) is 0 Å². The number of primary amides is 1. The maximum Gasteiger partial charge on any atom is 0.234 e. The summed E-state index contributed by atoms with van der Waals surface area (Å²) in [7, 11) is 0. The summed E-state index contributed by atoms with van der Waals surface area (Å²) in [5, 5.41) is 11.8. The third-order valence-electron chi connectivity index (χ3n) is 3.92. The van der Waals surface area contributed by atoms with E-state index in [4.69, 9.17) is 15.2 Å². The first-order chi connectivity index (χ1) is 13.4. The van der Waals surface area contributed by atoms with Crippen LogP contribution in [0.1, 0.15) is 26.1 Å². The summed E-state index contributed by atoms with van der Waals surface area (Å²) in [6.07, 6.45) is 0.643. The molecule has 28 heavy (non-hydrogen) atoms. The molecule has 1 aromatic heterocycles. The van der Waals surface area contributed by atoms with Gasteiger partial charge in [0.05, 0.1) is 5.75 Å². The van der Waals surface area contributed by atoms with E-state index in [9.17, 15) is 9.59 Å². The smallest absolute Gasteiger partial charge is 0.234 e. The summed E-state index contributed by atoms with van der Waals surface area (Å²) in [5.41, 5.74) is 5.87. The predicted molar refractivity (Wildman–Crippen MR) is 104 cm³/mol. The van der Waals surface area contributed by atoms with Gasteiger partial charge >= 0.3 is 0 Å². The van der Waals surface area contributed by atoms with Crippen LogP contribution < -0.4 is 20.5 Å². The molecule has 10 heteroatoms. The van der Waals surface area contributed by atoms with Crippen molar-refractivity contribution < 1.29 is 19.1 Å². The number of amides is 2. The average molecular weight is 405 g/mol. The van der Waals surface area contributed by atoms with E-state index in [0.717, 1.165) is 0 Å². The first-order valence-electron chi connectivity index (χ1n) is 8.95. The molecular weight excluding hydrogens is 382 g/mol. The van der Waals surface area contributed by atoms with Crippen LogP contribution in [-0.4, -0.2) is 39.1 Å². The minimum atomic E-state index is -0.378. The number of rotatable bonds is 9. The third kappa shape index (κ3) is 5.16. The lowest BCUT2D eigenvalue weighted by molar-refractivity contribution is -0.118. The number of nitrogens with two attached hydrogens (primary N) is 1. The number of nitrogens with one attached hydrogen (secondary N) is 1. The highest BCUT2D eigenvalue weighted by Crippen LogP contribution is 2.34. The fourth-order valence-electron chi connectivity index (χ4n) is 2.70. The largest absolute Gasteiger partial charge is 0.454 e. The lowest BCUT2D eigenvalue weighted by Crippen LogP contribution is -2.16. The van der Waals surface area contributed by atoms with Crippen molar-refractivity contribution in [3.05, 3.63) is 24.0 Å². The molecule has 0 aliphatic carbocycles. The van der Waals surface area contributed by atoms with E-state index in [0.29, 0.717) is 47.1 Å². The number of carbonyl (C=O) groups excluding carboxylic acids is 2. The minimum Gasteiger partial charge on any atom is -0.454 e. The highest BCUT2D eigenvalue weighted by molar-refractivity contribution is 7.99. The summed E-state index contributed by atoms with van der Waals surface area (Å²) in [6, 6.07) is 5.25. The molecule has 150 valence electrons. The first kappa shape index (κ1) is 20.0. The number of ether oxygens (including phenoxy) is 2. The van der Waals surface area contributed by atoms with E-state index in [2.05, 4.69) is 29.4 Å². The molecule has 0 fully saturated rings. The maximum absolute atomic E-state index is 12.3. The van der Waals surface area contributed by atoms with E-state index < -0.39 is 0 Å². The molecule has 2 heterocycles. The second-order valence-corrected chi connectivity index (χ2v) is 7.72. The van der Waals surface area contributed by atoms with Gasteiger partial charge in [0, 0.05) is 31.1 Å². The fraction of sp³-hybridized carbons (Fsp3) is 0.444. The van der Waals surface area contributed by atoms with Gasteiger partial charge in [0.15, 0.2) is 16.7 Å². The Morgan fingerprint density at radius 2 is 2.07 bits per heavy atom. The molecular formula is C18H23N5O4S. The number of carbonyl (C=O) groups is 2. The van der Waals surface area contributed by atoms with Gasteiger partial charge in [-0.05, 0) is 18.1 Å². The zero-order valence-corrected chi connectivity index (χ0v) is 16.6. The summed E-state index contributed by atoms with van der Waals surface area (Å²) in [5.74, 6) is 1.98. The van der Waals surface area contributed by atoms with Crippen LogP contribution in [0, 0.1) is 5.92 Å². The van der Waals surface area contributed by atoms with Crippen LogP contribution in [-0.2, 0) is 22.6 Å². The van der Waals surface area contributed by atoms with Crippen molar-refractivity contribution in [1.82, 2.24) is 14.8 Å². The van der Waals surface area contributed by atoms with Crippen molar-refractivity contribution in [2.45, 2.75) is 38.4 Å². The number of nitrogens with zero attached hydrogens (tertiary/aromatic N) is 3. The number of fused-ring (bicyclic) bond motifs is 1. The van der Waals surface area contributed by atoms with Gasteiger partial charge in [0.25, 0.3) is 0 Å². The van der Waals surface area contributed by atoms with Crippen LogP contribution in [0.5, 0.6) is 11.5 Å². The van der Waals surface area contributed by atoms with Gasteiger partial charge in [-0.3, -0.25) is 9.59 Å². The van der Waals surface area contributed by atoms with Crippen LogP contribution in [0.3, 0.4) is 0 Å². The fourth-order valence-corrected chi connectivity index (χ4v) is 3.46. The minimum absolute atomic E-state index is 0.165. The van der Waals surface area contributed by atoms with Crippen molar-refractivity contribution in [2.24, 2.45) is 11.7 Å². The summed E-state index contributed by atoms with van der Waals surface area (Å²) >= 11 is 1.30. The lowest BCUT2D eigenvalue weighted by atomic mass is 10.2. The van der Waals surface area contributed by atoms with Crippen molar-refractivity contribution in [3.8, 4) is 11.5 Å². The Morgan fingerprint density at radius 3 is 2.82 bits per heavy atom. The number of aromatic nitrogens is 3. The molecule has 0 radical (unpaired) electrons. The van der Waals surface area contributed by atoms with Crippen molar-refractivity contribution in [2.75, 3.05) is 17.9 Å². The SMILES string of the molecule is CC(C)Cn1c(CCC(N)=O)nnc1SCC(=O)Nc1ccc2c(c1)OCO2. The molecule has 0 atom stereocenters. The molecule has 3 N–H and O–H groups in total. The normalized spacial score (nSPS) is 12.4. The monoisotopic (exact) mass is 405 g/mol. The topological polar surface area (TPSA) is 121 Å². The van der Waals surface area contributed by atoms with Gasteiger partial charge in [-0.1, -0.05) is 25.6 Å². The molecule has 1 aliphatic heterocycles. The van der Waals surface area contributed by atoms with Gasteiger partial charge in [-0.25, -0.2) is 0 Å². The zero-order valence-electron chi connectivity index (χ0n) is 15.8. The Balaban J connectivity index is 1.61. The van der Waals surface area contributed by atoms with Crippen LogP contribution in [0.25, 0.3) is 0 Å². The first-order valence-corrected chi connectivity index (χ1v) is 9.93. The van der Waals surface area contributed by atoms with Crippen LogP contribution in [0.2, 0.25) is 0 Å². The highest BCUT2D eigenvalue weighted by Gasteiger charge is 2.17. The Hall–Kier alpha value is -2.75. The van der Waals surface area contributed by atoms with Gasteiger partial charge in [0.1, 0.15) is 5.82 Å². The van der Waals surface area contributed by atoms with E-state index in [1.165, 1.54) is 11.8 Å². The Labute approximate surface area is 167 Å². The molecule has 1 aromatic carbocycles. The molecule has 0 saturated heterocycles. The second kappa shape index (κ2) is 8.96. The number of hydrogen-bond acceptors (Lipinski definition) is 7. The summed E-state index contributed by atoms with van der Waals surface area (Å²) < 4.78 is 12.5. The maximum atomic E-state index is 12.3. The number of thioether (sulfide) groups is 1. The van der Waals surface area contributed by atoms with Gasteiger partial charge in [-0.15, -0.1) is 10.2 Å². The average Bonchev–Trinajstić information content (AvgIpc) is 3.24. The molecule has 3 rings (SSSR count). The summed E-state index contributed by atoms with van der Waals surface area (Å²) in [6.45, 7) is 5.05. The van der Waals surface area contributed by atoms with Crippen LogP contribution >= 0.6 is 11.8 Å². The van der Waals surface area contributed by atoms with Crippen LogP contribution in [0.4, 0.5) is 5.69 Å². The van der Waals surface area contributed by atoms with E-state index in [1.807, 2.05) is 4.57 Å². The van der Waals surface area contributed by atoms with E-state index in [-0.39, 0.29) is 30.8 Å². The van der Waals surface area contributed by atoms with E-state index >= 15 is 0 Å². The zero-order chi connectivity index (χ0) is 20.1. The third-order valence-corrected chi connectivity index (χ3v) is 4.89. The molecule has 0 bridgehead atoms. The Bertz CT molecular complexity index is 868. The number of hydrogen-bond donors (Lipinski definition) is 2. The summed E-state index contributed by atoms with van der Waals surface area (Å²) in [4.78, 5) is 23.4. The number of anilines is 1. The molecule has 1 aliphatic rings. The van der Waals surface area contributed by atoms with Gasteiger partial charge in [0.2, 0.25) is 18.6 Å². The number of aryl methyl sites for hydroxylation is 1. The Morgan fingerprint density at radius 1 is 1.29 bits per heavy atom. The van der Waals surface area contributed by atoms with Crippen molar-refractivity contribution >= 4 is 29.3 Å². The molecule has 0 unspecified atom stereocenters. The second-order valence-electron chi connectivity index (χ2n) is 6.77.